The Bertz CT molecular complexity index is 668. The van der Waals surface area contributed by atoms with E-state index in [9.17, 15) is 10.2 Å². The first-order chi connectivity index (χ1) is 12.6. The minimum absolute atomic E-state index is 0.138. The van der Waals surface area contributed by atoms with Crippen LogP contribution in [0, 0.1) is 0 Å². The first kappa shape index (κ1) is 19.1. The molecule has 26 heavy (non-hydrogen) atoms. The lowest BCUT2D eigenvalue weighted by atomic mass is 9.89. The highest BCUT2D eigenvalue weighted by Crippen LogP contribution is 2.33. The molecule has 1 heterocycles. The fourth-order valence-corrected chi connectivity index (χ4v) is 3.28. The van der Waals surface area contributed by atoms with E-state index in [1.807, 2.05) is 60.7 Å². The average Bonchev–Trinajstić information content (AvgIpc) is 2.92. The lowest BCUT2D eigenvalue weighted by Crippen LogP contribution is -2.51. The van der Waals surface area contributed by atoms with Gasteiger partial charge in [0.25, 0.3) is 0 Å². The van der Waals surface area contributed by atoms with Crippen molar-refractivity contribution in [3.8, 4) is 0 Å². The molecule has 5 nitrogen and oxygen atoms in total. The van der Waals surface area contributed by atoms with Crippen molar-refractivity contribution in [2.75, 3.05) is 13.2 Å². The van der Waals surface area contributed by atoms with Crippen LogP contribution >= 0.6 is 0 Å². The third-order valence-electron chi connectivity index (χ3n) is 4.73. The highest BCUT2D eigenvalue weighted by molar-refractivity contribution is 6.11. The summed E-state index contributed by atoms with van der Waals surface area (Å²) in [4.78, 5) is 0. The van der Waals surface area contributed by atoms with Crippen molar-refractivity contribution in [3.05, 3.63) is 71.8 Å². The van der Waals surface area contributed by atoms with E-state index < -0.39 is 23.8 Å². The molecule has 0 radical (unpaired) electrons. The second-order valence-electron chi connectivity index (χ2n) is 6.73. The quantitative estimate of drug-likeness (QED) is 0.687. The predicted octanol–water partition coefficient (Wildman–Crippen LogP) is 0.870. The number of hydrogen-bond donors (Lipinski definition) is 2. The maximum atomic E-state index is 10.5. The molecule has 0 aromatic heterocycles. The summed E-state index contributed by atoms with van der Waals surface area (Å²) in [5.74, 6) is 0. The summed E-state index contributed by atoms with van der Waals surface area (Å²) < 4.78 is 17.7. The molecule has 138 valence electrons. The van der Waals surface area contributed by atoms with Crippen LogP contribution in [-0.2, 0) is 27.4 Å². The van der Waals surface area contributed by atoms with Crippen molar-refractivity contribution in [2.45, 2.75) is 37.0 Å². The molecule has 0 bridgehead atoms. The summed E-state index contributed by atoms with van der Waals surface area (Å²) in [5, 5.41) is 20.5. The van der Waals surface area contributed by atoms with Crippen LogP contribution in [0.15, 0.2) is 60.7 Å². The van der Waals surface area contributed by atoms with Gasteiger partial charge in [0.05, 0.1) is 32.4 Å². The molecule has 3 rings (SSSR count). The summed E-state index contributed by atoms with van der Waals surface area (Å²) in [5.41, 5.74) is 0.952. The summed E-state index contributed by atoms with van der Waals surface area (Å²) in [6.45, 7) is 0.586. The number of aliphatic hydroxyl groups excluding tert-OH is 2. The van der Waals surface area contributed by atoms with Crippen LogP contribution in [0.25, 0.3) is 0 Å². The third-order valence-corrected chi connectivity index (χ3v) is 4.73. The van der Waals surface area contributed by atoms with E-state index in [2.05, 4.69) is 0 Å². The molecule has 1 fully saturated rings. The largest absolute Gasteiger partial charge is 0.393 e. The van der Waals surface area contributed by atoms with Gasteiger partial charge >= 0.3 is 0 Å². The van der Waals surface area contributed by atoms with Crippen molar-refractivity contribution in [1.82, 2.24) is 0 Å². The number of aliphatic hydroxyl groups is 2. The van der Waals surface area contributed by atoms with Crippen molar-refractivity contribution in [2.24, 2.45) is 0 Å². The number of hydrogen-bond acceptors (Lipinski definition) is 5. The lowest BCUT2D eigenvalue weighted by molar-refractivity contribution is -0.161. The van der Waals surface area contributed by atoms with Gasteiger partial charge in [-0.15, -0.1) is 0 Å². The second-order valence-corrected chi connectivity index (χ2v) is 6.73. The molecule has 2 aromatic carbocycles. The van der Waals surface area contributed by atoms with Crippen LogP contribution in [0.3, 0.4) is 0 Å². The molecule has 6 heteroatoms. The molecule has 2 aromatic rings. The van der Waals surface area contributed by atoms with E-state index in [1.165, 1.54) is 0 Å². The third kappa shape index (κ3) is 4.34. The molecule has 0 aliphatic carbocycles. The van der Waals surface area contributed by atoms with Gasteiger partial charge in [-0.1, -0.05) is 60.7 Å². The first-order valence-electron chi connectivity index (χ1n) is 8.88. The summed E-state index contributed by atoms with van der Waals surface area (Å²) in [6, 6.07) is 19.1. The first-order valence-corrected chi connectivity index (χ1v) is 8.88. The van der Waals surface area contributed by atoms with Gasteiger partial charge in [0.15, 0.2) is 0 Å². The van der Waals surface area contributed by atoms with Gasteiger partial charge < -0.3 is 24.4 Å². The predicted molar refractivity (Wildman–Crippen MR) is 100 cm³/mol. The van der Waals surface area contributed by atoms with Crippen LogP contribution in [0.1, 0.15) is 11.1 Å². The normalized spacial score (nSPS) is 28.3. The van der Waals surface area contributed by atoms with Crippen molar-refractivity contribution < 1.29 is 24.4 Å². The topological polar surface area (TPSA) is 68.2 Å². The Morgan fingerprint density at radius 3 is 2.12 bits per heavy atom. The Morgan fingerprint density at radius 2 is 1.54 bits per heavy atom. The molecule has 1 aliphatic rings. The van der Waals surface area contributed by atoms with Gasteiger partial charge in [-0.25, -0.2) is 0 Å². The maximum absolute atomic E-state index is 10.5. The zero-order valence-electron chi connectivity index (χ0n) is 15.0. The molecule has 2 N–H and O–H groups in total. The summed E-state index contributed by atoms with van der Waals surface area (Å²) in [7, 11) is 1.78. The molecule has 0 unspecified atom stereocenters. The van der Waals surface area contributed by atoms with E-state index in [-0.39, 0.29) is 13.2 Å². The molecular formula is C20H25BO5. The van der Waals surface area contributed by atoms with E-state index in [0.29, 0.717) is 13.2 Å². The molecule has 4 atom stereocenters. The van der Waals surface area contributed by atoms with Gasteiger partial charge in [0, 0.05) is 0 Å². The molecule has 1 aliphatic heterocycles. The zero-order chi connectivity index (χ0) is 18.4. The Morgan fingerprint density at radius 1 is 0.962 bits per heavy atom. The smallest absolute Gasteiger partial charge is 0.142 e. The van der Waals surface area contributed by atoms with Crippen LogP contribution in [0.4, 0.5) is 0 Å². The van der Waals surface area contributed by atoms with Crippen LogP contribution in [-0.4, -0.2) is 55.1 Å². The summed E-state index contributed by atoms with van der Waals surface area (Å²) >= 11 is 0. The monoisotopic (exact) mass is 356 g/mol. The molecular weight excluding hydrogens is 331 g/mol. The van der Waals surface area contributed by atoms with Crippen LogP contribution in [0.5, 0.6) is 0 Å². The number of rotatable bonds is 8. The second kappa shape index (κ2) is 8.80. The highest BCUT2D eigenvalue weighted by atomic mass is 16.6. The Hall–Kier alpha value is -1.70. The minimum Gasteiger partial charge on any atom is -0.393 e. The maximum Gasteiger partial charge on any atom is 0.142 e. The van der Waals surface area contributed by atoms with Crippen molar-refractivity contribution in [1.29, 1.82) is 0 Å². The number of ether oxygens (including phenoxy) is 3. The summed E-state index contributed by atoms with van der Waals surface area (Å²) in [6.07, 6.45) is -1.50. The van der Waals surface area contributed by atoms with Crippen molar-refractivity contribution >= 4 is 7.85 Å². The van der Waals surface area contributed by atoms with E-state index in [0.717, 1.165) is 11.1 Å². The minimum atomic E-state index is -1.08. The van der Waals surface area contributed by atoms with Crippen molar-refractivity contribution in [3.63, 3.8) is 0 Å². The Kier molecular flexibility index (Phi) is 6.45. The zero-order valence-corrected chi connectivity index (χ0v) is 15.0. The molecule has 1 saturated heterocycles. The lowest BCUT2D eigenvalue weighted by Gasteiger charge is -2.33. The highest BCUT2D eigenvalue weighted by Gasteiger charge is 2.54. The van der Waals surface area contributed by atoms with Gasteiger partial charge in [0.2, 0.25) is 0 Å². The van der Waals surface area contributed by atoms with Crippen LogP contribution < -0.4 is 0 Å². The SMILES string of the molecule is B[C@@H]1O[C@](CO)(COCc2ccccc2)[C@@H](OCc2ccccc2)[C@H]1O. The number of benzene rings is 2. The van der Waals surface area contributed by atoms with E-state index in [4.69, 9.17) is 14.2 Å². The Labute approximate surface area is 154 Å². The van der Waals surface area contributed by atoms with Crippen LogP contribution in [0.2, 0.25) is 0 Å². The molecule has 0 amide bonds. The standard InChI is InChI=1S/C20H25BO5/c21-19-17(23)18(25-12-16-9-5-2-6-10-16)20(13-22,26-19)14-24-11-15-7-3-1-4-8-15/h1-10,17-19,22-23H,11-14,21H2/t17-,18+,19-,20-/m1/s1. The van der Waals surface area contributed by atoms with Gasteiger partial charge in [-0.3, -0.25) is 0 Å². The average molecular weight is 356 g/mol. The molecule has 0 saturated carbocycles. The Balaban J connectivity index is 1.65. The fraction of sp³-hybridized carbons (Fsp3) is 0.400. The van der Waals surface area contributed by atoms with E-state index in [1.54, 1.807) is 7.85 Å². The van der Waals surface area contributed by atoms with Gasteiger partial charge in [-0.05, 0) is 11.1 Å². The van der Waals surface area contributed by atoms with E-state index >= 15 is 0 Å². The fourth-order valence-electron chi connectivity index (χ4n) is 3.28. The van der Waals surface area contributed by atoms with Gasteiger partial charge in [-0.2, -0.15) is 0 Å². The molecule has 0 spiro atoms. The van der Waals surface area contributed by atoms with Gasteiger partial charge in [0.1, 0.15) is 25.7 Å².